The predicted molar refractivity (Wildman–Crippen MR) is 143 cm³/mol. The van der Waals surface area contributed by atoms with Gasteiger partial charge in [0.05, 0.1) is 47.9 Å². The number of nitrogens with zero attached hydrogens (tertiary/aromatic N) is 5. The number of carbonyl (C=O) groups excluding carboxylic acids is 1. The zero-order valence-electron chi connectivity index (χ0n) is 21.4. The molecule has 0 N–H and O–H groups in total. The number of halogens is 1. The van der Waals surface area contributed by atoms with E-state index in [4.69, 9.17) is 23.9 Å². The Morgan fingerprint density at radius 1 is 1.13 bits per heavy atom. The molecule has 5 aromatic rings. The summed E-state index contributed by atoms with van der Waals surface area (Å²) in [6, 6.07) is 6.97. The molecule has 6 rings (SSSR count). The topological polar surface area (TPSA) is 109 Å². The van der Waals surface area contributed by atoms with E-state index in [-0.39, 0.29) is 12.3 Å². The van der Waals surface area contributed by atoms with Crippen molar-refractivity contribution in [3.05, 3.63) is 59.8 Å². The first-order chi connectivity index (χ1) is 18.8. The SMILES string of the molecule is COc1cnc2c(-c3nc4c(C)cc5c(c4s3)OC[C@@H](OC(=O)N(C)c3cncc(F)c3)O5)cc(C)cc2n1. The van der Waals surface area contributed by atoms with Crippen molar-refractivity contribution in [2.24, 2.45) is 0 Å². The molecule has 0 saturated heterocycles. The molecule has 0 aliphatic carbocycles. The fraction of sp³-hybridized carbons (Fsp3) is 0.222. The van der Waals surface area contributed by atoms with Gasteiger partial charge in [-0.25, -0.2) is 24.1 Å². The maximum Gasteiger partial charge on any atom is 0.417 e. The van der Waals surface area contributed by atoms with Gasteiger partial charge in [0.1, 0.15) is 15.5 Å². The number of pyridine rings is 1. The van der Waals surface area contributed by atoms with Crippen molar-refractivity contribution >= 4 is 44.4 Å². The lowest BCUT2D eigenvalue weighted by Gasteiger charge is -2.28. The molecule has 1 atom stereocenters. The van der Waals surface area contributed by atoms with Gasteiger partial charge >= 0.3 is 6.09 Å². The second-order valence-electron chi connectivity index (χ2n) is 8.97. The molecule has 0 fully saturated rings. The van der Waals surface area contributed by atoms with Crippen molar-refractivity contribution in [1.29, 1.82) is 0 Å². The number of aryl methyl sites for hydroxylation is 2. The molecule has 0 bridgehead atoms. The van der Waals surface area contributed by atoms with Crippen LogP contribution in [0.5, 0.6) is 17.4 Å². The number of benzene rings is 2. The summed E-state index contributed by atoms with van der Waals surface area (Å²) in [5.41, 5.74) is 5.20. The van der Waals surface area contributed by atoms with Gasteiger partial charge in [0.2, 0.25) is 5.88 Å². The molecular formula is C27H22FN5O5S. The van der Waals surface area contributed by atoms with Gasteiger partial charge in [-0.05, 0) is 43.2 Å². The minimum Gasteiger partial charge on any atom is -0.480 e. The van der Waals surface area contributed by atoms with Crippen molar-refractivity contribution in [2.75, 3.05) is 25.7 Å². The van der Waals surface area contributed by atoms with Gasteiger partial charge in [-0.1, -0.05) is 0 Å². The van der Waals surface area contributed by atoms with Gasteiger partial charge in [0, 0.05) is 18.7 Å². The number of hydrogen-bond donors (Lipinski definition) is 0. The first kappa shape index (κ1) is 24.7. The zero-order valence-corrected chi connectivity index (χ0v) is 22.2. The number of aromatic nitrogens is 4. The van der Waals surface area contributed by atoms with Crippen LogP contribution in [-0.2, 0) is 4.74 Å². The van der Waals surface area contributed by atoms with E-state index in [0.717, 1.165) is 43.0 Å². The number of ether oxygens (including phenoxy) is 4. The highest BCUT2D eigenvalue weighted by Gasteiger charge is 2.30. The summed E-state index contributed by atoms with van der Waals surface area (Å²) in [6.07, 6.45) is 2.27. The Labute approximate surface area is 226 Å². The third-order valence-electron chi connectivity index (χ3n) is 6.19. The number of hydrogen-bond acceptors (Lipinski definition) is 10. The van der Waals surface area contributed by atoms with Crippen LogP contribution in [0.3, 0.4) is 0 Å². The molecule has 0 unspecified atom stereocenters. The van der Waals surface area contributed by atoms with E-state index in [2.05, 4.69) is 15.0 Å². The lowest BCUT2D eigenvalue weighted by atomic mass is 10.1. The molecule has 4 heterocycles. The first-order valence-electron chi connectivity index (χ1n) is 11.9. The van der Waals surface area contributed by atoms with Crippen molar-refractivity contribution in [1.82, 2.24) is 19.9 Å². The summed E-state index contributed by atoms with van der Waals surface area (Å²) >= 11 is 1.46. The number of fused-ring (bicyclic) bond motifs is 4. The maximum atomic E-state index is 13.5. The van der Waals surface area contributed by atoms with Crippen molar-refractivity contribution in [3.63, 3.8) is 0 Å². The highest BCUT2D eigenvalue weighted by Crippen LogP contribution is 2.46. The van der Waals surface area contributed by atoms with Gasteiger partial charge in [-0.15, -0.1) is 11.3 Å². The molecule has 0 saturated carbocycles. The van der Waals surface area contributed by atoms with E-state index in [1.165, 1.54) is 30.6 Å². The van der Waals surface area contributed by atoms with Crippen molar-refractivity contribution in [3.8, 4) is 28.0 Å². The molecule has 1 aliphatic rings. The quantitative estimate of drug-likeness (QED) is 0.291. The Morgan fingerprint density at radius 3 is 2.77 bits per heavy atom. The van der Waals surface area contributed by atoms with E-state index in [9.17, 15) is 9.18 Å². The summed E-state index contributed by atoms with van der Waals surface area (Å²) < 4.78 is 37.0. The van der Waals surface area contributed by atoms with Crippen LogP contribution in [0.1, 0.15) is 11.1 Å². The number of rotatable bonds is 4. The molecule has 1 aliphatic heterocycles. The molecule has 1 amide bonds. The van der Waals surface area contributed by atoms with Crippen LogP contribution < -0.4 is 19.1 Å². The molecular weight excluding hydrogens is 525 g/mol. The Bertz CT molecular complexity index is 1760. The summed E-state index contributed by atoms with van der Waals surface area (Å²) in [6.45, 7) is 3.89. The Kier molecular flexibility index (Phi) is 6.10. The highest BCUT2D eigenvalue weighted by atomic mass is 32.1. The number of anilines is 1. The van der Waals surface area contributed by atoms with E-state index in [0.29, 0.717) is 28.4 Å². The van der Waals surface area contributed by atoms with Gasteiger partial charge in [0.25, 0.3) is 6.29 Å². The van der Waals surface area contributed by atoms with Crippen molar-refractivity contribution < 1.29 is 28.1 Å². The minimum atomic E-state index is -0.996. The maximum absolute atomic E-state index is 13.5. The van der Waals surface area contributed by atoms with Crippen LogP contribution in [0.2, 0.25) is 0 Å². The number of amides is 1. The monoisotopic (exact) mass is 547 g/mol. The molecule has 39 heavy (non-hydrogen) atoms. The van der Waals surface area contributed by atoms with Crippen LogP contribution in [0.25, 0.3) is 31.8 Å². The third-order valence-corrected chi connectivity index (χ3v) is 7.28. The Hall–Kier alpha value is -4.58. The summed E-state index contributed by atoms with van der Waals surface area (Å²) in [5, 5.41) is 0.761. The fourth-order valence-corrected chi connectivity index (χ4v) is 5.45. The largest absolute Gasteiger partial charge is 0.480 e. The van der Waals surface area contributed by atoms with E-state index in [1.807, 2.05) is 26.0 Å². The van der Waals surface area contributed by atoms with Gasteiger partial charge < -0.3 is 18.9 Å². The fourth-order valence-electron chi connectivity index (χ4n) is 4.30. The Morgan fingerprint density at radius 2 is 1.97 bits per heavy atom. The van der Waals surface area contributed by atoms with Crippen molar-refractivity contribution in [2.45, 2.75) is 20.1 Å². The molecule has 10 nitrogen and oxygen atoms in total. The minimum absolute atomic E-state index is 0.0297. The van der Waals surface area contributed by atoms with Gasteiger partial charge in [-0.3, -0.25) is 9.88 Å². The average molecular weight is 548 g/mol. The van der Waals surface area contributed by atoms with Crippen LogP contribution in [0, 0.1) is 19.7 Å². The van der Waals surface area contributed by atoms with E-state index in [1.54, 1.807) is 19.4 Å². The zero-order chi connectivity index (χ0) is 27.3. The summed E-state index contributed by atoms with van der Waals surface area (Å²) in [7, 11) is 3.01. The number of methoxy groups -OCH3 is 1. The van der Waals surface area contributed by atoms with Crippen LogP contribution in [0.15, 0.2) is 42.9 Å². The molecule has 0 radical (unpaired) electrons. The van der Waals surface area contributed by atoms with Gasteiger partial charge in [-0.2, -0.15) is 0 Å². The van der Waals surface area contributed by atoms with E-state index < -0.39 is 18.2 Å². The molecule has 198 valence electrons. The summed E-state index contributed by atoms with van der Waals surface area (Å²) in [5.74, 6) is 0.840. The predicted octanol–water partition coefficient (Wildman–Crippen LogP) is 5.44. The summed E-state index contributed by atoms with van der Waals surface area (Å²) in [4.78, 5) is 31.6. The second kappa shape index (κ2) is 9.62. The number of thiazole rings is 1. The van der Waals surface area contributed by atoms with E-state index >= 15 is 0 Å². The second-order valence-corrected chi connectivity index (χ2v) is 9.97. The standard InChI is InChI=1S/C27H22FN5O5S/c1-13-5-17(23-18(6-13)31-20(35-4)11-30-23)26-32-22-14(2)7-19-24(25(22)39-26)36-12-21(37-19)38-27(34)33(3)16-8-15(28)9-29-10-16/h5-11,21H,12H2,1-4H3/t21-/m1/s1. The van der Waals surface area contributed by atoms with Crippen LogP contribution in [0.4, 0.5) is 14.9 Å². The Balaban J connectivity index is 1.30. The lowest BCUT2D eigenvalue weighted by molar-refractivity contribution is -0.0718. The van der Waals surface area contributed by atoms with Crippen LogP contribution in [-0.4, -0.2) is 53.1 Å². The lowest BCUT2D eigenvalue weighted by Crippen LogP contribution is -2.38. The normalized spacial score (nSPS) is 14.4. The smallest absolute Gasteiger partial charge is 0.417 e. The number of carbonyl (C=O) groups is 1. The third kappa shape index (κ3) is 4.52. The molecule has 12 heteroatoms. The average Bonchev–Trinajstić information content (AvgIpc) is 3.38. The molecule has 3 aromatic heterocycles. The molecule has 2 aromatic carbocycles. The van der Waals surface area contributed by atoms with Gasteiger partial charge in [0.15, 0.2) is 18.1 Å². The van der Waals surface area contributed by atoms with Crippen LogP contribution >= 0.6 is 11.3 Å². The first-order valence-corrected chi connectivity index (χ1v) is 12.7. The molecule has 0 spiro atoms. The highest BCUT2D eigenvalue weighted by molar-refractivity contribution is 7.22.